The van der Waals surface area contributed by atoms with E-state index in [1.165, 1.54) is 18.6 Å². The Kier molecular flexibility index (Phi) is 5.51. The third kappa shape index (κ3) is 4.88. The molecule has 0 atom stereocenters. The summed E-state index contributed by atoms with van der Waals surface area (Å²) in [6.45, 7) is -0.431. The first kappa shape index (κ1) is 17.1. The Morgan fingerprint density at radius 3 is 2.54 bits per heavy atom. The normalized spacial score (nSPS) is 10.0. The lowest BCUT2D eigenvalue weighted by Crippen LogP contribution is -2.21. The molecule has 2 aromatic carbocycles. The number of nitrogens with zero attached hydrogens (tertiary/aromatic N) is 2. The van der Waals surface area contributed by atoms with Crippen LogP contribution in [0.3, 0.4) is 0 Å². The summed E-state index contributed by atoms with van der Waals surface area (Å²) in [7, 11) is 0. The number of nitrogens with one attached hydrogen (secondary N) is 1. The van der Waals surface area contributed by atoms with Crippen LogP contribution in [0, 0.1) is 0 Å². The second kappa shape index (κ2) is 8.39. The number of benzene rings is 2. The maximum absolute atomic E-state index is 12.0. The topological polar surface area (TPSA) is 90.4 Å². The molecule has 0 spiro atoms. The SMILES string of the molecule is O=C(COC(=O)c1cnccn1)Nc1cccc(Oc2ccccc2)c1. The minimum Gasteiger partial charge on any atom is -0.457 e. The van der Waals surface area contributed by atoms with Crippen LogP contribution in [0.25, 0.3) is 0 Å². The first-order valence-corrected chi connectivity index (χ1v) is 7.77. The van der Waals surface area contributed by atoms with Crippen molar-refractivity contribution in [2.45, 2.75) is 0 Å². The van der Waals surface area contributed by atoms with E-state index in [2.05, 4.69) is 15.3 Å². The van der Waals surface area contributed by atoms with Gasteiger partial charge in [0.2, 0.25) is 0 Å². The van der Waals surface area contributed by atoms with Gasteiger partial charge in [-0.15, -0.1) is 0 Å². The molecule has 7 heteroatoms. The molecular formula is C19H15N3O4. The molecule has 1 N–H and O–H groups in total. The van der Waals surface area contributed by atoms with Crippen LogP contribution in [0.5, 0.6) is 11.5 Å². The van der Waals surface area contributed by atoms with Gasteiger partial charge in [-0.1, -0.05) is 24.3 Å². The molecule has 3 rings (SSSR count). The molecule has 0 radical (unpaired) electrons. The zero-order chi connectivity index (χ0) is 18.2. The maximum atomic E-state index is 12.0. The predicted molar refractivity (Wildman–Crippen MR) is 93.9 cm³/mol. The van der Waals surface area contributed by atoms with Crippen molar-refractivity contribution in [2.75, 3.05) is 11.9 Å². The lowest BCUT2D eigenvalue weighted by atomic mass is 10.3. The van der Waals surface area contributed by atoms with E-state index in [1.807, 2.05) is 30.3 Å². The summed E-state index contributed by atoms with van der Waals surface area (Å²) in [6.07, 6.45) is 4.08. The Labute approximate surface area is 149 Å². The fraction of sp³-hybridized carbons (Fsp3) is 0.0526. The van der Waals surface area contributed by atoms with Crippen molar-refractivity contribution >= 4 is 17.6 Å². The number of amides is 1. The van der Waals surface area contributed by atoms with Crippen LogP contribution >= 0.6 is 0 Å². The Bertz CT molecular complexity index is 886. The third-order valence-corrected chi connectivity index (χ3v) is 3.20. The van der Waals surface area contributed by atoms with Gasteiger partial charge < -0.3 is 14.8 Å². The van der Waals surface area contributed by atoms with Gasteiger partial charge in [-0.2, -0.15) is 0 Å². The third-order valence-electron chi connectivity index (χ3n) is 3.20. The zero-order valence-electron chi connectivity index (χ0n) is 13.7. The number of hydrogen-bond acceptors (Lipinski definition) is 6. The van der Waals surface area contributed by atoms with Gasteiger partial charge in [0, 0.05) is 24.1 Å². The highest BCUT2D eigenvalue weighted by atomic mass is 16.5. The molecule has 1 aromatic heterocycles. The highest BCUT2D eigenvalue weighted by molar-refractivity contribution is 5.94. The van der Waals surface area contributed by atoms with Crippen molar-refractivity contribution in [3.8, 4) is 11.5 Å². The number of anilines is 1. The number of aromatic nitrogens is 2. The summed E-state index contributed by atoms with van der Waals surface area (Å²) >= 11 is 0. The Morgan fingerprint density at radius 2 is 1.77 bits per heavy atom. The molecule has 0 aliphatic rings. The molecule has 0 fully saturated rings. The molecule has 0 aliphatic carbocycles. The molecule has 26 heavy (non-hydrogen) atoms. The van der Waals surface area contributed by atoms with Gasteiger partial charge in [0.1, 0.15) is 11.5 Å². The molecule has 0 aliphatic heterocycles. The fourth-order valence-electron chi connectivity index (χ4n) is 2.07. The minimum atomic E-state index is -0.714. The molecule has 0 unspecified atom stereocenters. The minimum absolute atomic E-state index is 0.0403. The van der Waals surface area contributed by atoms with Crippen LogP contribution in [0.1, 0.15) is 10.5 Å². The van der Waals surface area contributed by atoms with Crippen molar-refractivity contribution in [3.05, 3.63) is 78.9 Å². The lowest BCUT2D eigenvalue weighted by molar-refractivity contribution is -0.119. The van der Waals surface area contributed by atoms with Gasteiger partial charge >= 0.3 is 5.97 Å². The van der Waals surface area contributed by atoms with E-state index in [4.69, 9.17) is 9.47 Å². The summed E-state index contributed by atoms with van der Waals surface area (Å²) in [5, 5.41) is 2.64. The number of esters is 1. The van der Waals surface area contributed by atoms with Gasteiger partial charge in [0.25, 0.3) is 5.91 Å². The summed E-state index contributed by atoms with van der Waals surface area (Å²) in [5.41, 5.74) is 0.567. The first-order chi connectivity index (χ1) is 12.7. The first-order valence-electron chi connectivity index (χ1n) is 7.77. The van der Waals surface area contributed by atoms with Crippen LogP contribution < -0.4 is 10.1 Å². The number of carbonyl (C=O) groups is 2. The fourth-order valence-corrected chi connectivity index (χ4v) is 2.07. The average Bonchev–Trinajstić information content (AvgIpc) is 2.68. The standard InChI is InChI=1S/C19H15N3O4/c23-18(13-25-19(24)17-12-20-9-10-21-17)22-14-5-4-8-16(11-14)26-15-6-2-1-3-7-15/h1-12H,13H2,(H,22,23). The second-order valence-electron chi connectivity index (χ2n) is 5.16. The van der Waals surface area contributed by atoms with Gasteiger partial charge in [0.05, 0.1) is 6.20 Å². The van der Waals surface area contributed by atoms with Crippen LogP contribution in [0.15, 0.2) is 73.2 Å². The molecule has 0 bridgehead atoms. The number of ether oxygens (including phenoxy) is 2. The van der Waals surface area contributed by atoms with E-state index >= 15 is 0 Å². The summed E-state index contributed by atoms with van der Waals surface area (Å²) < 4.78 is 10.6. The van der Waals surface area contributed by atoms with E-state index in [-0.39, 0.29) is 5.69 Å². The number of carbonyl (C=O) groups excluding carboxylic acids is 2. The average molecular weight is 349 g/mol. The van der Waals surface area contributed by atoms with Crippen molar-refractivity contribution in [3.63, 3.8) is 0 Å². The van der Waals surface area contributed by atoms with E-state index in [0.717, 1.165) is 0 Å². The molecule has 1 amide bonds. The molecule has 1 heterocycles. The van der Waals surface area contributed by atoms with Gasteiger partial charge in [-0.25, -0.2) is 9.78 Å². The molecular weight excluding hydrogens is 334 g/mol. The van der Waals surface area contributed by atoms with Crippen molar-refractivity contribution in [1.29, 1.82) is 0 Å². The van der Waals surface area contributed by atoms with E-state index < -0.39 is 18.5 Å². The predicted octanol–water partition coefficient (Wildman–Crippen LogP) is 3.06. The van der Waals surface area contributed by atoms with Gasteiger partial charge in [-0.3, -0.25) is 9.78 Å². The summed E-state index contributed by atoms with van der Waals surface area (Å²) in [6, 6.07) is 16.2. The molecule has 0 saturated heterocycles. The highest BCUT2D eigenvalue weighted by Gasteiger charge is 2.11. The van der Waals surface area contributed by atoms with Crippen LogP contribution in [0.4, 0.5) is 5.69 Å². The molecule has 130 valence electrons. The molecule has 0 saturated carbocycles. The molecule has 7 nitrogen and oxygen atoms in total. The number of para-hydroxylation sites is 1. The number of rotatable bonds is 6. The Balaban J connectivity index is 1.54. The van der Waals surface area contributed by atoms with E-state index in [9.17, 15) is 9.59 Å². The van der Waals surface area contributed by atoms with Gasteiger partial charge in [0.15, 0.2) is 12.3 Å². The Morgan fingerprint density at radius 1 is 0.962 bits per heavy atom. The van der Waals surface area contributed by atoms with Crippen LogP contribution in [0.2, 0.25) is 0 Å². The van der Waals surface area contributed by atoms with E-state index in [0.29, 0.717) is 17.2 Å². The quantitative estimate of drug-likeness (QED) is 0.688. The molecule has 3 aromatic rings. The Hall–Kier alpha value is -3.74. The van der Waals surface area contributed by atoms with Crippen molar-refractivity contribution in [2.24, 2.45) is 0 Å². The monoisotopic (exact) mass is 349 g/mol. The van der Waals surface area contributed by atoms with Crippen molar-refractivity contribution < 1.29 is 19.1 Å². The number of hydrogen-bond donors (Lipinski definition) is 1. The largest absolute Gasteiger partial charge is 0.457 e. The highest BCUT2D eigenvalue weighted by Crippen LogP contribution is 2.23. The van der Waals surface area contributed by atoms with Gasteiger partial charge in [-0.05, 0) is 24.3 Å². The second-order valence-corrected chi connectivity index (χ2v) is 5.16. The maximum Gasteiger partial charge on any atom is 0.359 e. The van der Waals surface area contributed by atoms with Crippen molar-refractivity contribution in [1.82, 2.24) is 9.97 Å². The zero-order valence-corrected chi connectivity index (χ0v) is 13.7. The summed E-state index contributed by atoms with van der Waals surface area (Å²) in [4.78, 5) is 31.3. The van der Waals surface area contributed by atoms with E-state index in [1.54, 1.807) is 24.3 Å². The van der Waals surface area contributed by atoms with Crippen LogP contribution in [-0.4, -0.2) is 28.5 Å². The lowest BCUT2D eigenvalue weighted by Gasteiger charge is -2.09. The van der Waals surface area contributed by atoms with Crippen LogP contribution in [-0.2, 0) is 9.53 Å². The smallest absolute Gasteiger partial charge is 0.359 e. The summed E-state index contributed by atoms with van der Waals surface area (Å²) in [5.74, 6) is 0.0768.